The first kappa shape index (κ1) is 15.5. The van der Waals surface area contributed by atoms with E-state index in [0.717, 1.165) is 25.0 Å². The molecule has 0 bridgehead atoms. The Morgan fingerprint density at radius 1 is 1.15 bits per heavy atom. The van der Waals surface area contributed by atoms with Crippen molar-refractivity contribution in [2.24, 2.45) is 11.8 Å². The van der Waals surface area contributed by atoms with Crippen molar-refractivity contribution in [2.75, 3.05) is 5.32 Å². The van der Waals surface area contributed by atoms with Gasteiger partial charge in [0.15, 0.2) is 0 Å². The molecule has 3 unspecified atom stereocenters. The molecule has 112 valence electrons. The first-order valence-corrected chi connectivity index (χ1v) is 7.29. The largest absolute Gasteiger partial charge is 0.416 e. The van der Waals surface area contributed by atoms with Crippen LogP contribution in [0.15, 0.2) is 18.2 Å². The van der Waals surface area contributed by atoms with E-state index in [2.05, 4.69) is 19.2 Å². The third-order valence-electron chi connectivity index (χ3n) is 4.28. The third kappa shape index (κ3) is 3.60. The summed E-state index contributed by atoms with van der Waals surface area (Å²) in [6, 6.07) is 3.86. The number of rotatable bonds is 2. The normalized spacial score (nSPS) is 27.4. The van der Waals surface area contributed by atoms with Crippen LogP contribution in [-0.4, -0.2) is 6.04 Å². The van der Waals surface area contributed by atoms with Gasteiger partial charge in [-0.1, -0.05) is 38.3 Å². The van der Waals surface area contributed by atoms with Gasteiger partial charge in [-0.05, 0) is 36.5 Å². The SMILES string of the molecule is CC1CCCC(Nc2cc(Cl)cc(C(F)(F)F)c2)C1C. The lowest BCUT2D eigenvalue weighted by molar-refractivity contribution is -0.137. The molecule has 1 nitrogen and oxygen atoms in total. The molecule has 2 rings (SSSR count). The maximum absolute atomic E-state index is 12.8. The van der Waals surface area contributed by atoms with Crippen LogP contribution in [0.25, 0.3) is 0 Å². The minimum Gasteiger partial charge on any atom is -0.382 e. The maximum Gasteiger partial charge on any atom is 0.416 e. The van der Waals surface area contributed by atoms with Crippen molar-refractivity contribution in [3.63, 3.8) is 0 Å². The van der Waals surface area contributed by atoms with E-state index in [0.29, 0.717) is 17.5 Å². The Kier molecular flexibility index (Phi) is 4.52. The van der Waals surface area contributed by atoms with Crippen molar-refractivity contribution < 1.29 is 13.2 Å². The van der Waals surface area contributed by atoms with Crippen LogP contribution in [0.1, 0.15) is 38.7 Å². The molecule has 1 aromatic carbocycles. The number of alkyl halides is 3. The van der Waals surface area contributed by atoms with Gasteiger partial charge < -0.3 is 5.32 Å². The lowest BCUT2D eigenvalue weighted by Gasteiger charge is -2.35. The highest BCUT2D eigenvalue weighted by atomic mass is 35.5. The Morgan fingerprint density at radius 3 is 2.50 bits per heavy atom. The van der Waals surface area contributed by atoms with E-state index in [1.807, 2.05) is 0 Å². The molecule has 0 amide bonds. The van der Waals surface area contributed by atoms with Crippen LogP contribution in [0.2, 0.25) is 5.02 Å². The summed E-state index contributed by atoms with van der Waals surface area (Å²) < 4.78 is 38.3. The van der Waals surface area contributed by atoms with Gasteiger partial charge in [0, 0.05) is 16.8 Å². The molecule has 1 N–H and O–H groups in total. The summed E-state index contributed by atoms with van der Waals surface area (Å²) in [6.45, 7) is 4.34. The highest BCUT2D eigenvalue weighted by Crippen LogP contribution is 2.35. The van der Waals surface area contributed by atoms with Gasteiger partial charge in [-0.2, -0.15) is 13.2 Å². The van der Waals surface area contributed by atoms with Crippen LogP contribution in [0.4, 0.5) is 18.9 Å². The van der Waals surface area contributed by atoms with Crippen LogP contribution in [-0.2, 0) is 6.18 Å². The van der Waals surface area contributed by atoms with Gasteiger partial charge in [0.1, 0.15) is 0 Å². The molecule has 0 heterocycles. The Bertz CT molecular complexity index is 473. The van der Waals surface area contributed by atoms with Crippen molar-refractivity contribution in [1.82, 2.24) is 0 Å². The van der Waals surface area contributed by atoms with Gasteiger partial charge in [0.25, 0.3) is 0 Å². The second-order valence-corrected chi connectivity index (χ2v) is 6.18. The first-order chi connectivity index (χ1) is 9.27. The number of hydrogen-bond acceptors (Lipinski definition) is 1. The highest BCUT2D eigenvalue weighted by Gasteiger charge is 2.32. The molecular weight excluding hydrogens is 287 g/mol. The standard InChI is InChI=1S/C15H19ClF3N/c1-9-4-3-5-14(10(9)2)20-13-7-11(15(17,18)19)6-12(16)8-13/h6-10,14,20H,3-5H2,1-2H3. The van der Waals surface area contributed by atoms with Crippen LogP contribution >= 0.6 is 11.6 Å². The molecule has 1 aromatic rings. The fourth-order valence-electron chi connectivity index (χ4n) is 2.84. The Labute approximate surface area is 122 Å². The fraction of sp³-hybridized carbons (Fsp3) is 0.600. The van der Waals surface area contributed by atoms with E-state index in [4.69, 9.17) is 11.6 Å². The molecular formula is C15H19ClF3N. The summed E-state index contributed by atoms with van der Waals surface area (Å²) in [5, 5.41) is 3.34. The average Bonchev–Trinajstić information content (AvgIpc) is 2.33. The summed E-state index contributed by atoms with van der Waals surface area (Å²) in [5.74, 6) is 1.03. The van der Waals surface area contributed by atoms with E-state index >= 15 is 0 Å². The number of halogens is 4. The molecule has 5 heteroatoms. The predicted octanol–water partition coefficient (Wildman–Crippen LogP) is 5.60. The number of benzene rings is 1. The van der Waals surface area contributed by atoms with Crippen molar-refractivity contribution in [2.45, 2.75) is 45.3 Å². The average molecular weight is 306 g/mol. The van der Waals surface area contributed by atoms with Crippen molar-refractivity contribution in [1.29, 1.82) is 0 Å². The zero-order chi connectivity index (χ0) is 14.9. The minimum absolute atomic E-state index is 0.110. The number of nitrogens with one attached hydrogen (secondary N) is 1. The predicted molar refractivity (Wildman–Crippen MR) is 76.0 cm³/mol. The quantitative estimate of drug-likeness (QED) is 0.750. The molecule has 0 radical (unpaired) electrons. The van der Waals surface area contributed by atoms with Gasteiger partial charge in [0.05, 0.1) is 5.56 Å². The van der Waals surface area contributed by atoms with Gasteiger partial charge in [-0.25, -0.2) is 0 Å². The lowest BCUT2D eigenvalue weighted by Crippen LogP contribution is -2.35. The summed E-state index contributed by atoms with van der Waals surface area (Å²) in [7, 11) is 0. The van der Waals surface area contributed by atoms with Crippen molar-refractivity contribution >= 4 is 17.3 Å². The lowest BCUT2D eigenvalue weighted by atomic mass is 9.78. The van der Waals surface area contributed by atoms with Gasteiger partial charge >= 0.3 is 6.18 Å². The van der Waals surface area contributed by atoms with Gasteiger partial charge in [-0.15, -0.1) is 0 Å². The molecule has 0 saturated heterocycles. The molecule has 0 spiro atoms. The van der Waals surface area contributed by atoms with Gasteiger partial charge in [0.2, 0.25) is 0 Å². The van der Waals surface area contributed by atoms with E-state index < -0.39 is 11.7 Å². The number of anilines is 1. The van der Waals surface area contributed by atoms with Crippen molar-refractivity contribution in [3.05, 3.63) is 28.8 Å². The Hall–Kier alpha value is -0.900. The Morgan fingerprint density at radius 2 is 1.85 bits per heavy atom. The second kappa shape index (κ2) is 5.84. The highest BCUT2D eigenvalue weighted by molar-refractivity contribution is 6.30. The molecule has 20 heavy (non-hydrogen) atoms. The molecule has 1 aliphatic carbocycles. The monoisotopic (exact) mass is 305 g/mol. The molecule has 3 atom stereocenters. The molecule has 1 fully saturated rings. The van der Waals surface area contributed by atoms with E-state index in [1.54, 1.807) is 6.07 Å². The summed E-state index contributed by atoms with van der Waals surface area (Å²) >= 11 is 5.80. The van der Waals surface area contributed by atoms with E-state index in [9.17, 15) is 13.2 Å². The minimum atomic E-state index is -4.37. The van der Waals surface area contributed by atoms with Crippen LogP contribution in [0.5, 0.6) is 0 Å². The summed E-state index contributed by atoms with van der Waals surface area (Å²) in [6.07, 6.45) is -1.09. The topological polar surface area (TPSA) is 12.0 Å². The summed E-state index contributed by atoms with van der Waals surface area (Å²) in [5.41, 5.74) is -0.250. The third-order valence-corrected chi connectivity index (χ3v) is 4.50. The summed E-state index contributed by atoms with van der Waals surface area (Å²) in [4.78, 5) is 0. The van der Waals surface area contributed by atoms with Crippen molar-refractivity contribution in [3.8, 4) is 0 Å². The smallest absolute Gasteiger partial charge is 0.382 e. The first-order valence-electron chi connectivity index (χ1n) is 6.91. The zero-order valence-electron chi connectivity index (χ0n) is 11.6. The van der Waals surface area contributed by atoms with Crippen LogP contribution in [0, 0.1) is 11.8 Å². The zero-order valence-corrected chi connectivity index (χ0v) is 12.4. The maximum atomic E-state index is 12.8. The van der Waals surface area contributed by atoms with E-state index in [1.165, 1.54) is 6.42 Å². The molecule has 0 aromatic heterocycles. The van der Waals surface area contributed by atoms with E-state index in [-0.39, 0.29) is 11.1 Å². The Balaban J connectivity index is 2.19. The van der Waals surface area contributed by atoms with Gasteiger partial charge in [-0.3, -0.25) is 0 Å². The molecule has 1 saturated carbocycles. The second-order valence-electron chi connectivity index (χ2n) is 5.74. The van der Waals surface area contributed by atoms with Crippen LogP contribution < -0.4 is 5.32 Å². The molecule has 1 aliphatic rings. The van der Waals surface area contributed by atoms with Crippen LogP contribution in [0.3, 0.4) is 0 Å². The fourth-order valence-corrected chi connectivity index (χ4v) is 3.07. The molecule has 0 aliphatic heterocycles. The number of hydrogen-bond donors (Lipinski definition) is 1.